The Morgan fingerprint density at radius 2 is 2.25 bits per heavy atom. The number of aromatic nitrogens is 2. The Labute approximate surface area is 119 Å². The second-order valence-corrected chi connectivity index (χ2v) is 5.97. The Morgan fingerprint density at radius 1 is 1.40 bits per heavy atom. The number of rotatable bonds is 3. The second kappa shape index (κ2) is 6.39. The number of nitrogens with zero attached hydrogens (tertiary/aromatic N) is 2. The molecule has 0 bridgehead atoms. The molecular formula is C15H23N3O2. The Hall–Kier alpha value is -1.36. The van der Waals surface area contributed by atoms with Crippen molar-refractivity contribution in [2.24, 2.45) is 11.8 Å². The molecular weight excluding hydrogens is 254 g/mol. The van der Waals surface area contributed by atoms with E-state index < -0.39 is 0 Å². The largest absolute Gasteiger partial charge is 0.381 e. The van der Waals surface area contributed by atoms with Gasteiger partial charge in [-0.3, -0.25) is 9.89 Å². The average Bonchev–Trinajstić information content (AvgIpc) is 3.01. The highest BCUT2D eigenvalue weighted by Crippen LogP contribution is 2.24. The van der Waals surface area contributed by atoms with Gasteiger partial charge in [0.05, 0.1) is 0 Å². The Bertz CT molecular complexity index is 426. The fourth-order valence-electron chi connectivity index (χ4n) is 3.34. The number of hydrogen-bond acceptors (Lipinski definition) is 3. The molecule has 1 atom stereocenters. The van der Waals surface area contributed by atoms with Gasteiger partial charge >= 0.3 is 0 Å². The van der Waals surface area contributed by atoms with Crippen molar-refractivity contribution >= 4 is 5.91 Å². The fourth-order valence-corrected chi connectivity index (χ4v) is 3.34. The van der Waals surface area contributed by atoms with Crippen LogP contribution >= 0.6 is 0 Å². The summed E-state index contributed by atoms with van der Waals surface area (Å²) in [6.45, 7) is 3.30. The van der Waals surface area contributed by atoms with Gasteiger partial charge in [-0.25, -0.2) is 0 Å². The van der Waals surface area contributed by atoms with E-state index in [9.17, 15) is 4.79 Å². The molecule has 3 heterocycles. The molecule has 110 valence electrons. The number of carbonyl (C=O) groups excluding carboxylic acids is 1. The maximum Gasteiger partial charge on any atom is 0.225 e. The molecule has 0 spiro atoms. The molecule has 1 aromatic rings. The predicted octanol–water partition coefficient (Wildman–Crippen LogP) is 1.62. The topological polar surface area (TPSA) is 58.2 Å². The van der Waals surface area contributed by atoms with E-state index in [2.05, 4.69) is 15.1 Å². The molecule has 3 rings (SSSR count). The normalized spacial score (nSPS) is 24.8. The molecule has 2 aliphatic heterocycles. The van der Waals surface area contributed by atoms with Crippen molar-refractivity contribution in [1.82, 2.24) is 15.1 Å². The van der Waals surface area contributed by atoms with Crippen molar-refractivity contribution in [2.75, 3.05) is 26.3 Å². The number of carbonyl (C=O) groups is 1. The summed E-state index contributed by atoms with van der Waals surface area (Å²) < 4.78 is 5.35. The van der Waals surface area contributed by atoms with Gasteiger partial charge in [0.15, 0.2) is 0 Å². The predicted molar refractivity (Wildman–Crippen MR) is 75.1 cm³/mol. The lowest BCUT2D eigenvalue weighted by Crippen LogP contribution is -2.44. The monoisotopic (exact) mass is 277 g/mol. The molecule has 1 amide bonds. The van der Waals surface area contributed by atoms with Gasteiger partial charge < -0.3 is 9.64 Å². The van der Waals surface area contributed by atoms with Crippen molar-refractivity contribution < 1.29 is 9.53 Å². The Morgan fingerprint density at radius 3 is 3.00 bits per heavy atom. The first-order valence-electron chi connectivity index (χ1n) is 7.67. The first-order valence-corrected chi connectivity index (χ1v) is 7.67. The standard InChI is InChI=1S/C15H23N3O2/c19-15(13-4-8-20-9-5-13)18-7-1-2-12(11-18)10-14-3-6-16-17-14/h3,6,12-13H,1-2,4-5,7-11H2,(H,16,17)/t12-/m0/s1. The molecule has 2 aliphatic rings. The van der Waals surface area contributed by atoms with Crippen molar-refractivity contribution in [1.29, 1.82) is 0 Å². The number of H-pyrrole nitrogens is 1. The summed E-state index contributed by atoms with van der Waals surface area (Å²) in [5, 5.41) is 7.02. The van der Waals surface area contributed by atoms with Crippen LogP contribution in [-0.4, -0.2) is 47.3 Å². The van der Waals surface area contributed by atoms with Crippen LogP contribution in [0.25, 0.3) is 0 Å². The summed E-state index contributed by atoms with van der Waals surface area (Å²) in [6, 6.07) is 2.03. The number of ether oxygens (including phenoxy) is 1. The van der Waals surface area contributed by atoms with Gasteiger partial charge in [-0.15, -0.1) is 0 Å². The van der Waals surface area contributed by atoms with Crippen LogP contribution in [0.2, 0.25) is 0 Å². The second-order valence-electron chi connectivity index (χ2n) is 5.97. The van der Waals surface area contributed by atoms with E-state index >= 15 is 0 Å². The smallest absolute Gasteiger partial charge is 0.225 e. The molecule has 5 heteroatoms. The van der Waals surface area contributed by atoms with Crippen LogP contribution in [0.5, 0.6) is 0 Å². The molecule has 2 saturated heterocycles. The SMILES string of the molecule is O=C(C1CCOCC1)N1CCC[C@@H](Cc2ccn[nH]2)C1. The molecule has 0 aromatic carbocycles. The highest BCUT2D eigenvalue weighted by Gasteiger charge is 2.30. The van der Waals surface area contributed by atoms with Crippen LogP contribution in [0, 0.1) is 11.8 Å². The molecule has 2 fully saturated rings. The highest BCUT2D eigenvalue weighted by molar-refractivity contribution is 5.79. The lowest BCUT2D eigenvalue weighted by Gasteiger charge is -2.35. The lowest BCUT2D eigenvalue weighted by molar-refractivity contribution is -0.140. The third-order valence-electron chi connectivity index (χ3n) is 4.47. The molecule has 0 aliphatic carbocycles. The molecule has 20 heavy (non-hydrogen) atoms. The molecule has 1 aromatic heterocycles. The lowest BCUT2D eigenvalue weighted by atomic mass is 9.91. The molecule has 0 radical (unpaired) electrons. The Kier molecular flexibility index (Phi) is 4.35. The number of amides is 1. The van der Waals surface area contributed by atoms with Crippen LogP contribution in [0.4, 0.5) is 0 Å². The van der Waals surface area contributed by atoms with Gasteiger partial charge in [-0.2, -0.15) is 5.10 Å². The van der Waals surface area contributed by atoms with Crippen LogP contribution < -0.4 is 0 Å². The minimum Gasteiger partial charge on any atom is -0.381 e. The third-order valence-corrected chi connectivity index (χ3v) is 4.47. The first kappa shape index (κ1) is 13.6. The van der Waals surface area contributed by atoms with Crippen molar-refractivity contribution in [2.45, 2.75) is 32.1 Å². The van der Waals surface area contributed by atoms with Gasteiger partial charge in [0, 0.05) is 44.1 Å². The van der Waals surface area contributed by atoms with Crippen LogP contribution in [0.15, 0.2) is 12.3 Å². The summed E-state index contributed by atoms with van der Waals surface area (Å²) in [7, 11) is 0. The zero-order valence-corrected chi connectivity index (χ0v) is 11.9. The molecule has 0 saturated carbocycles. The third kappa shape index (κ3) is 3.20. The summed E-state index contributed by atoms with van der Waals surface area (Å²) in [5.74, 6) is 1.10. The van der Waals surface area contributed by atoms with Gasteiger partial charge in [-0.1, -0.05) is 0 Å². The summed E-state index contributed by atoms with van der Waals surface area (Å²) in [6.07, 6.45) is 6.89. The minimum absolute atomic E-state index is 0.189. The van der Waals surface area contributed by atoms with E-state index in [1.807, 2.05) is 6.07 Å². The maximum absolute atomic E-state index is 12.6. The Balaban J connectivity index is 1.55. The van der Waals surface area contributed by atoms with Crippen LogP contribution in [0.1, 0.15) is 31.4 Å². The van der Waals surface area contributed by atoms with Crippen LogP contribution in [0.3, 0.4) is 0 Å². The van der Waals surface area contributed by atoms with Gasteiger partial charge in [0.25, 0.3) is 0 Å². The number of aromatic amines is 1. The van der Waals surface area contributed by atoms with Gasteiger partial charge in [0.1, 0.15) is 0 Å². The first-order chi connectivity index (χ1) is 9.83. The van der Waals surface area contributed by atoms with Crippen molar-refractivity contribution in [3.05, 3.63) is 18.0 Å². The molecule has 1 N–H and O–H groups in total. The summed E-state index contributed by atoms with van der Waals surface area (Å²) in [4.78, 5) is 14.6. The van der Waals surface area contributed by atoms with Gasteiger partial charge in [0.2, 0.25) is 5.91 Å². The zero-order valence-electron chi connectivity index (χ0n) is 11.9. The number of likely N-dealkylation sites (tertiary alicyclic amines) is 1. The fraction of sp³-hybridized carbons (Fsp3) is 0.733. The minimum atomic E-state index is 0.189. The summed E-state index contributed by atoms with van der Waals surface area (Å²) >= 11 is 0. The van der Waals surface area contributed by atoms with E-state index in [-0.39, 0.29) is 5.92 Å². The number of nitrogens with one attached hydrogen (secondary N) is 1. The van der Waals surface area contributed by atoms with E-state index in [4.69, 9.17) is 4.74 Å². The average molecular weight is 277 g/mol. The number of hydrogen-bond donors (Lipinski definition) is 1. The maximum atomic E-state index is 12.6. The number of piperidine rings is 1. The van der Waals surface area contributed by atoms with E-state index in [1.54, 1.807) is 6.20 Å². The van der Waals surface area contributed by atoms with E-state index in [0.717, 1.165) is 52.0 Å². The van der Waals surface area contributed by atoms with E-state index in [1.165, 1.54) is 12.1 Å². The highest BCUT2D eigenvalue weighted by atomic mass is 16.5. The summed E-state index contributed by atoms with van der Waals surface area (Å²) in [5.41, 5.74) is 1.18. The van der Waals surface area contributed by atoms with Gasteiger partial charge in [-0.05, 0) is 44.1 Å². The zero-order chi connectivity index (χ0) is 13.8. The molecule has 5 nitrogen and oxygen atoms in total. The molecule has 0 unspecified atom stereocenters. The van der Waals surface area contributed by atoms with Crippen LogP contribution in [-0.2, 0) is 16.0 Å². The van der Waals surface area contributed by atoms with Crippen molar-refractivity contribution in [3.63, 3.8) is 0 Å². The van der Waals surface area contributed by atoms with E-state index in [0.29, 0.717) is 11.8 Å². The van der Waals surface area contributed by atoms with Crippen molar-refractivity contribution in [3.8, 4) is 0 Å². The quantitative estimate of drug-likeness (QED) is 0.913.